The normalized spacial score (nSPS) is 12.4. The van der Waals surface area contributed by atoms with E-state index in [1.54, 1.807) is 0 Å². The molecule has 0 aliphatic carbocycles. The quantitative estimate of drug-likeness (QED) is 0.216. The van der Waals surface area contributed by atoms with Crippen molar-refractivity contribution in [2.24, 2.45) is 0 Å². The Morgan fingerprint density at radius 2 is 0.694 bits per heavy atom. The minimum Gasteiger partial charge on any atom is -0.0646 e. The van der Waals surface area contributed by atoms with E-state index in [-0.39, 0.29) is 10.8 Å². The van der Waals surface area contributed by atoms with E-state index in [1.807, 2.05) is 0 Å². The van der Waals surface area contributed by atoms with Crippen molar-refractivity contribution >= 4 is 21.5 Å². The van der Waals surface area contributed by atoms with Crippen LogP contribution in [0.1, 0.15) is 65.5 Å². The SMILES string of the molecule is CCC(C)(C)c1ccc(-c2c3ccccc3c(-c3ccc(C(C)(C)CC)cc3)c3ccccc23)cc1. The van der Waals surface area contributed by atoms with Crippen LogP contribution in [-0.4, -0.2) is 0 Å². The average Bonchev–Trinajstić information content (AvgIpc) is 2.91. The molecule has 0 fully saturated rings. The zero-order valence-electron chi connectivity index (χ0n) is 22.7. The van der Waals surface area contributed by atoms with Crippen molar-refractivity contribution < 1.29 is 0 Å². The van der Waals surface area contributed by atoms with Crippen LogP contribution in [0.15, 0.2) is 97.1 Å². The predicted molar refractivity (Wildman–Crippen MR) is 159 cm³/mol. The maximum Gasteiger partial charge on any atom is -0.00264 e. The fourth-order valence-corrected chi connectivity index (χ4v) is 5.33. The van der Waals surface area contributed by atoms with E-state index in [4.69, 9.17) is 0 Å². The molecule has 0 saturated carbocycles. The van der Waals surface area contributed by atoms with Crippen LogP contribution in [0.5, 0.6) is 0 Å². The van der Waals surface area contributed by atoms with E-state index in [1.165, 1.54) is 54.9 Å². The summed E-state index contributed by atoms with van der Waals surface area (Å²) in [4.78, 5) is 0. The Morgan fingerprint density at radius 3 is 0.944 bits per heavy atom. The molecular weight excluding hydrogens is 432 g/mol. The molecule has 36 heavy (non-hydrogen) atoms. The van der Waals surface area contributed by atoms with Gasteiger partial charge in [-0.25, -0.2) is 0 Å². The first-order chi connectivity index (χ1) is 17.3. The lowest BCUT2D eigenvalue weighted by atomic mass is 9.80. The standard InChI is InChI=1S/C36H38/c1-7-35(3,4)27-21-17-25(18-22-27)33-29-13-9-11-15-31(29)34(32-16-12-10-14-30(32)33)26-19-23-28(24-20-26)36(5,6)8-2/h9-24H,7-8H2,1-6H3. The molecule has 0 heteroatoms. The Bertz CT molecular complexity index is 1340. The fourth-order valence-electron chi connectivity index (χ4n) is 5.33. The Labute approximate surface area is 217 Å². The lowest BCUT2D eigenvalue weighted by Gasteiger charge is -2.24. The molecular formula is C36H38. The Balaban J connectivity index is 1.76. The van der Waals surface area contributed by atoms with Gasteiger partial charge in [0.25, 0.3) is 0 Å². The van der Waals surface area contributed by atoms with Crippen molar-refractivity contribution in [3.8, 4) is 22.3 Å². The topological polar surface area (TPSA) is 0 Å². The molecule has 0 saturated heterocycles. The molecule has 0 heterocycles. The van der Waals surface area contributed by atoms with Crippen LogP contribution >= 0.6 is 0 Å². The smallest absolute Gasteiger partial charge is 0.00264 e. The molecule has 0 amide bonds. The summed E-state index contributed by atoms with van der Waals surface area (Å²) in [7, 11) is 0. The third kappa shape index (κ3) is 4.13. The highest BCUT2D eigenvalue weighted by Crippen LogP contribution is 2.44. The first-order valence-corrected chi connectivity index (χ1v) is 13.4. The molecule has 0 aliphatic rings. The van der Waals surface area contributed by atoms with Gasteiger partial charge in [0.05, 0.1) is 0 Å². The van der Waals surface area contributed by atoms with E-state index >= 15 is 0 Å². The van der Waals surface area contributed by atoms with Gasteiger partial charge in [0.2, 0.25) is 0 Å². The van der Waals surface area contributed by atoms with Gasteiger partial charge in [-0.3, -0.25) is 0 Å². The minimum atomic E-state index is 0.186. The summed E-state index contributed by atoms with van der Waals surface area (Å²) in [6.45, 7) is 13.8. The van der Waals surface area contributed by atoms with Crippen molar-refractivity contribution in [2.45, 2.75) is 65.2 Å². The Morgan fingerprint density at radius 1 is 0.417 bits per heavy atom. The van der Waals surface area contributed by atoms with Crippen LogP contribution in [0.2, 0.25) is 0 Å². The highest BCUT2D eigenvalue weighted by atomic mass is 14.2. The van der Waals surface area contributed by atoms with Crippen molar-refractivity contribution in [1.82, 2.24) is 0 Å². The zero-order chi connectivity index (χ0) is 25.5. The fraction of sp³-hybridized carbons (Fsp3) is 0.278. The summed E-state index contributed by atoms with van der Waals surface area (Å²) in [5.74, 6) is 0. The highest BCUT2D eigenvalue weighted by molar-refractivity contribution is 6.21. The summed E-state index contributed by atoms with van der Waals surface area (Å²) in [5, 5.41) is 5.25. The third-order valence-electron chi connectivity index (χ3n) is 8.61. The predicted octanol–water partition coefficient (Wildman–Crippen LogP) is 10.7. The van der Waals surface area contributed by atoms with E-state index in [9.17, 15) is 0 Å². The number of hydrogen-bond acceptors (Lipinski definition) is 0. The summed E-state index contributed by atoms with van der Waals surface area (Å²) in [5.41, 5.74) is 8.39. The lowest BCUT2D eigenvalue weighted by Crippen LogP contribution is -2.15. The number of rotatable bonds is 6. The average molecular weight is 471 g/mol. The highest BCUT2D eigenvalue weighted by Gasteiger charge is 2.21. The monoisotopic (exact) mass is 470 g/mol. The first kappa shape index (κ1) is 24.3. The van der Waals surface area contributed by atoms with Gasteiger partial charge in [-0.2, -0.15) is 0 Å². The number of hydrogen-bond donors (Lipinski definition) is 0. The van der Waals surface area contributed by atoms with Gasteiger partial charge < -0.3 is 0 Å². The zero-order valence-corrected chi connectivity index (χ0v) is 22.7. The molecule has 5 rings (SSSR count). The van der Waals surface area contributed by atoms with Crippen LogP contribution in [0.3, 0.4) is 0 Å². The molecule has 0 spiro atoms. The van der Waals surface area contributed by atoms with Gasteiger partial charge in [-0.15, -0.1) is 0 Å². The van der Waals surface area contributed by atoms with E-state index in [0.29, 0.717) is 0 Å². The Kier molecular flexibility index (Phi) is 6.25. The van der Waals surface area contributed by atoms with Crippen LogP contribution < -0.4 is 0 Å². The molecule has 0 bridgehead atoms. The van der Waals surface area contributed by atoms with Gasteiger partial charge in [-0.05, 0) is 78.6 Å². The van der Waals surface area contributed by atoms with Gasteiger partial charge >= 0.3 is 0 Å². The van der Waals surface area contributed by atoms with Crippen LogP contribution in [0.4, 0.5) is 0 Å². The minimum absolute atomic E-state index is 0.186. The van der Waals surface area contributed by atoms with Gasteiger partial charge in [-0.1, -0.05) is 139 Å². The van der Waals surface area contributed by atoms with E-state index in [0.717, 1.165) is 12.8 Å². The summed E-state index contributed by atoms with van der Waals surface area (Å²) < 4.78 is 0. The van der Waals surface area contributed by atoms with Crippen molar-refractivity contribution in [3.63, 3.8) is 0 Å². The van der Waals surface area contributed by atoms with Gasteiger partial charge in [0.1, 0.15) is 0 Å². The van der Waals surface area contributed by atoms with Gasteiger partial charge in [0, 0.05) is 0 Å². The van der Waals surface area contributed by atoms with Gasteiger partial charge in [0.15, 0.2) is 0 Å². The number of benzene rings is 5. The van der Waals surface area contributed by atoms with Crippen LogP contribution in [0.25, 0.3) is 43.8 Å². The molecule has 0 nitrogen and oxygen atoms in total. The molecule has 0 atom stereocenters. The molecule has 5 aromatic carbocycles. The summed E-state index contributed by atoms with van der Waals surface area (Å²) >= 11 is 0. The van der Waals surface area contributed by atoms with Crippen LogP contribution in [-0.2, 0) is 10.8 Å². The molecule has 5 aromatic rings. The third-order valence-corrected chi connectivity index (χ3v) is 8.61. The molecule has 0 N–H and O–H groups in total. The molecule has 0 unspecified atom stereocenters. The first-order valence-electron chi connectivity index (χ1n) is 13.4. The maximum atomic E-state index is 2.33. The maximum absolute atomic E-state index is 2.33. The Hall–Kier alpha value is -3.38. The van der Waals surface area contributed by atoms with E-state index in [2.05, 4.69) is 139 Å². The second-order valence-corrected chi connectivity index (χ2v) is 11.5. The summed E-state index contributed by atoms with van der Waals surface area (Å²) in [6.07, 6.45) is 2.25. The largest absolute Gasteiger partial charge is 0.0646 e. The van der Waals surface area contributed by atoms with Crippen molar-refractivity contribution in [3.05, 3.63) is 108 Å². The molecule has 182 valence electrons. The van der Waals surface area contributed by atoms with Crippen molar-refractivity contribution in [1.29, 1.82) is 0 Å². The second-order valence-electron chi connectivity index (χ2n) is 11.5. The molecule has 0 radical (unpaired) electrons. The van der Waals surface area contributed by atoms with Crippen LogP contribution in [0, 0.1) is 0 Å². The van der Waals surface area contributed by atoms with Crippen molar-refractivity contribution in [2.75, 3.05) is 0 Å². The molecule has 0 aliphatic heterocycles. The molecule has 0 aromatic heterocycles. The van der Waals surface area contributed by atoms with E-state index < -0.39 is 0 Å². The number of fused-ring (bicyclic) bond motifs is 2. The summed E-state index contributed by atoms with van der Waals surface area (Å²) in [6, 6.07) is 36.4. The lowest BCUT2D eigenvalue weighted by molar-refractivity contribution is 0.506. The second kappa shape index (κ2) is 9.25.